The Morgan fingerprint density at radius 2 is 1.90 bits per heavy atom. The molecule has 5 rings (SSSR count). The quantitative estimate of drug-likeness (QED) is 0.668. The summed E-state index contributed by atoms with van der Waals surface area (Å²) >= 11 is 0. The van der Waals surface area contributed by atoms with Crippen LogP contribution in [0.1, 0.15) is 60.6 Å². The molecule has 1 fully saturated rings. The van der Waals surface area contributed by atoms with Gasteiger partial charge in [0.1, 0.15) is 11.2 Å². The molecule has 3 aromatic rings. The van der Waals surface area contributed by atoms with E-state index >= 15 is 0 Å². The third-order valence-corrected chi connectivity index (χ3v) is 6.94. The number of hydrogen-bond acceptors (Lipinski definition) is 3. The number of hydrogen-bond donors (Lipinski definition) is 1. The highest BCUT2D eigenvalue weighted by molar-refractivity contribution is 6.14. The molecule has 1 aliphatic carbocycles. The number of aryl methyl sites for hydroxylation is 2. The minimum atomic E-state index is -1.05. The molecule has 1 aliphatic heterocycles. The van der Waals surface area contributed by atoms with E-state index in [2.05, 4.69) is 5.32 Å². The Bertz CT molecular complexity index is 1170. The van der Waals surface area contributed by atoms with Crippen LogP contribution in [-0.4, -0.2) is 28.0 Å². The van der Waals surface area contributed by atoms with Gasteiger partial charge >= 0.3 is 0 Å². The Hall–Kier alpha value is -3.02. The van der Waals surface area contributed by atoms with E-state index in [1.165, 1.54) is 6.42 Å². The molecule has 0 spiro atoms. The summed E-state index contributed by atoms with van der Waals surface area (Å²) in [5.74, 6) is -0.266. The Kier molecular flexibility index (Phi) is 4.68. The summed E-state index contributed by atoms with van der Waals surface area (Å²) in [6, 6.07) is 9.86. The minimum Gasteiger partial charge on any atom is -0.463 e. The second-order valence-corrected chi connectivity index (χ2v) is 9.30. The molecule has 2 aliphatic rings. The summed E-state index contributed by atoms with van der Waals surface area (Å²) in [5, 5.41) is 3.28. The smallest absolute Gasteiger partial charge is 0.276 e. The van der Waals surface area contributed by atoms with Crippen molar-refractivity contribution in [2.75, 3.05) is 4.90 Å². The van der Waals surface area contributed by atoms with Gasteiger partial charge in [-0.15, -0.1) is 0 Å². The molecular formula is C25H29N3O3. The second kappa shape index (κ2) is 7.29. The van der Waals surface area contributed by atoms with Crippen molar-refractivity contribution in [3.05, 3.63) is 53.4 Å². The molecule has 0 bridgehead atoms. The number of aromatic nitrogens is 1. The molecule has 2 aromatic heterocycles. The fourth-order valence-electron chi connectivity index (χ4n) is 5.14. The normalized spacial score (nSPS) is 22.0. The van der Waals surface area contributed by atoms with Gasteiger partial charge in [-0.1, -0.05) is 31.4 Å². The summed E-state index contributed by atoms with van der Waals surface area (Å²) in [4.78, 5) is 29.3. The third kappa shape index (κ3) is 3.16. The fourth-order valence-corrected chi connectivity index (χ4v) is 5.14. The number of nitrogens with zero attached hydrogens (tertiary/aromatic N) is 2. The van der Waals surface area contributed by atoms with Crippen molar-refractivity contribution in [2.45, 2.75) is 71.0 Å². The van der Waals surface area contributed by atoms with E-state index in [1.807, 2.05) is 49.6 Å². The lowest BCUT2D eigenvalue weighted by Gasteiger charge is -2.45. The van der Waals surface area contributed by atoms with E-state index in [1.54, 1.807) is 17.2 Å². The molecule has 1 aromatic carbocycles. The van der Waals surface area contributed by atoms with Gasteiger partial charge in [0.05, 0.1) is 18.3 Å². The molecule has 6 nitrogen and oxygen atoms in total. The lowest BCUT2D eigenvalue weighted by molar-refractivity contribution is -0.127. The van der Waals surface area contributed by atoms with E-state index in [-0.39, 0.29) is 17.9 Å². The van der Waals surface area contributed by atoms with E-state index in [0.29, 0.717) is 17.8 Å². The number of carbonyl (C=O) groups excluding carboxylic acids is 2. The van der Waals surface area contributed by atoms with Crippen LogP contribution in [0.2, 0.25) is 0 Å². The van der Waals surface area contributed by atoms with Gasteiger partial charge in [0.25, 0.3) is 5.91 Å². The molecule has 0 saturated heterocycles. The number of furan rings is 1. The van der Waals surface area contributed by atoms with Gasteiger partial charge in [0.2, 0.25) is 5.91 Å². The molecule has 162 valence electrons. The van der Waals surface area contributed by atoms with Crippen LogP contribution in [0.15, 0.2) is 41.0 Å². The van der Waals surface area contributed by atoms with Crippen molar-refractivity contribution in [1.82, 2.24) is 9.88 Å². The zero-order valence-corrected chi connectivity index (χ0v) is 18.4. The van der Waals surface area contributed by atoms with Crippen LogP contribution in [-0.2, 0) is 11.3 Å². The van der Waals surface area contributed by atoms with Crippen molar-refractivity contribution in [3.63, 3.8) is 0 Å². The number of carbonyl (C=O) groups is 2. The Balaban J connectivity index is 1.63. The van der Waals surface area contributed by atoms with Gasteiger partial charge in [-0.05, 0) is 50.8 Å². The van der Waals surface area contributed by atoms with Crippen molar-refractivity contribution >= 4 is 28.6 Å². The highest BCUT2D eigenvalue weighted by Crippen LogP contribution is 2.38. The number of rotatable bonds is 3. The van der Waals surface area contributed by atoms with Crippen LogP contribution in [0, 0.1) is 13.8 Å². The van der Waals surface area contributed by atoms with Crippen molar-refractivity contribution < 1.29 is 14.0 Å². The summed E-state index contributed by atoms with van der Waals surface area (Å²) in [7, 11) is 0. The van der Waals surface area contributed by atoms with Crippen molar-refractivity contribution in [2.24, 2.45) is 0 Å². The van der Waals surface area contributed by atoms with Gasteiger partial charge in [-0.2, -0.15) is 0 Å². The minimum absolute atomic E-state index is 0.0929. The monoisotopic (exact) mass is 419 g/mol. The number of amides is 2. The van der Waals surface area contributed by atoms with Crippen LogP contribution < -0.4 is 10.2 Å². The average molecular weight is 420 g/mol. The molecule has 1 unspecified atom stereocenters. The van der Waals surface area contributed by atoms with Crippen LogP contribution in [0.3, 0.4) is 0 Å². The van der Waals surface area contributed by atoms with E-state index in [9.17, 15) is 9.59 Å². The first-order chi connectivity index (χ1) is 14.9. The Morgan fingerprint density at radius 1 is 1.13 bits per heavy atom. The van der Waals surface area contributed by atoms with Crippen LogP contribution in [0.5, 0.6) is 0 Å². The lowest BCUT2D eigenvalue weighted by Crippen LogP contribution is -2.65. The predicted molar refractivity (Wildman–Crippen MR) is 120 cm³/mol. The molecule has 2 amide bonds. The zero-order chi connectivity index (χ0) is 21.8. The molecule has 0 radical (unpaired) electrons. The Labute approximate surface area is 182 Å². The topological polar surface area (TPSA) is 67.5 Å². The molecule has 1 atom stereocenters. The van der Waals surface area contributed by atoms with E-state index in [0.717, 1.165) is 48.0 Å². The predicted octanol–water partition coefficient (Wildman–Crippen LogP) is 4.72. The number of benzene rings is 1. The fraction of sp³-hybridized carbons (Fsp3) is 0.440. The maximum absolute atomic E-state index is 13.8. The number of fused-ring (bicyclic) bond motifs is 3. The lowest BCUT2D eigenvalue weighted by atomic mass is 9.90. The van der Waals surface area contributed by atoms with E-state index in [4.69, 9.17) is 4.42 Å². The first-order valence-electron chi connectivity index (χ1n) is 11.2. The zero-order valence-electron chi connectivity index (χ0n) is 18.4. The third-order valence-electron chi connectivity index (χ3n) is 6.94. The van der Waals surface area contributed by atoms with Crippen molar-refractivity contribution in [1.29, 1.82) is 0 Å². The molecule has 6 heteroatoms. The molecule has 3 heterocycles. The molecule has 1 N–H and O–H groups in total. The maximum atomic E-state index is 13.8. The first-order valence-corrected chi connectivity index (χ1v) is 11.2. The van der Waals surface area contributed by atoms with Gasteiger partial charge in [-0.25, -0.2) is 0 Å². The summed E-state index contributed by atoms with van der Waals surface area (Å²) < 4.78 is 7.49. The summed E-state index contributed by atoms with van der Waals surface area (Å²) in [6.07, 6.45) is 7.12. The largest absolute Gasteiger partial charge is 0.463 e. The number of nitrogens with one attached hydrogen (secondary N) is 1. The summed E-state index contributed by atoms with van der Waals surface area (Å²) in [6.45, 7) is 6.26. The van der Waals surface area contributed by atoms with Crippen molar-refractivity contribution in [3.8, 4) is 0 Å². The maximum Gasteiger partial charge on any atom is 0.276 e. The standard InChI is InChI=1S/C25H29N3O3/c1-16-9-10-17(2)20(13-16)28-23(29)21-14-22-19(11-12-31-22)27(21)15-25(28,3)24(30)26-18-7-5-4-6-8-18/h9-14,18H,4-8,15H2,1-3H3,(H,26,30). The highest BCUT2D eigenvalue weighted by Gasteiger charge is 2.49. The number of anilines is 1. The second-order valence-electron chi connectivity index (χ2n) is 9.30. The van der Waals surface area contributed by atoms with Gasteiger partial charge < -0.3 is 14.3 Å². The average Bonchev–Trinajstić information content (AvgIpc) is 3.34. The first kappa shape index (κ1) is 19.9. The van der Waals surface area contributed by atoms with Crippen LogP contribution in [0.4, 0.5) is 5.69 Å². The van der Waals surface area contributed by atoms with Crippen LogP contribution >= 0.6 is 0 Å². The summed E-state index contributed by atoms with van der Waals surface area (Å²) in [5.41, 5.74) is 3.83. The van der Waals surface area contributed by atoms with E-state index < -0.39 is 5.54 Å². The van der Waals surface area contributed by atoms with Gasteiger partial charge in [0.15, 0.2) is 5.58 Å². The molecule has 31 heavy (non-hydrogen) atoms. The SMILES string of the molecule is Cc1ccc(C)c(N2C(=O)c3cc4occc4n3CC2(C)C(=O)NC2CCCCC2)c1. The molecular weight excluding hydrogens is 390 g/mol. The van der Waals surface area contributed by atoms with Gasteiger partial charge in [0, 0.05) is 23.9 Å². The molecule has 1 saturated carbocycles. The van der Waals surface area contributed by atoms with Gasteiger partial charge in [-0.3, -0.25) is 14.5 Å². The highest BCUT2D eigenvalue weighted by atomic mass is 16.3. The Morgan fingerprint density at radius 3 is 2.68 bits per heavy atom. The van der Waals surface area contributed by atoms with Crippen LogP contribution in [0.25, 0.3) is 11.1 Å².